The Morgan fingerprint density at radius 1 is 1.52 bits per heavy atom. The van der Waals surface area contributed by atoms with E-state index in [9.17, 15) is 14.9 Å². The van der Waals surface area contributed by atoms with Crippen molar-refractivity contribution in [2.45, 2.75) is 45.8 Å². The molecule has 1 aromatic rings. The molecule has 0 saturated carbocycles. The number of carbonyl (C=O) groups is 1. The molecule has 0 N–H and O–H groups in total. The molecule has 8 heteroatoms. The molecule has 1 saturated heterocycles. The molecule has 0 aliphatic carbocycles. The Balaban J connectivity index is 2.04. The van der Waals surface area contributed by atoms with Crippen molar-refractivity contribution in [2.75, 3.05) is 13.1 Å². The van der Waals surface area contributed by atoms with Gasteiger partial charge in [0.05, 0.1) is 11.0 Å². The van der Waals surface area contributed by atoms with Crippen LogP contribution in [0.15, 0.2) is 6.20 Å². The van der Waals surface area contributed by atoms with Crippen molar-refractivity contribution < 1.29 is 14.5 Å². The highest BCUT2D eigenvalue weighted by Gasteiger charge is 2.32. The highest BCUT2D eigenvalue weighted by atomic mass is 16.6. The average Bonchev–Trinajstić information content (AvgIpc) is 2.92. The van der Waals surface area contributed by atoms with Crippen LogP contribution < -0.4 is 0 Å². The van der Waals surface area contributed by atoms with E-state index in [2.05, 4.69) is 5.10 Å². The van der Waals surface area contributed by atoms with Crippen molar-refractivity contribution in [3.8, 4) is 0 Å². The van der Waals surface area contributed by atoms with Gasteiger partial charge in [-0.3, -0.25) is 14.8 Å². The number of hydrogen-bond acceptors (Lipinski definition) is 5. The lowest BCUT2D eigenvalue weighted by Gasteiger charge is -2.24. The molecule has 0 radical (unpaired) electrons. The number of hydrogen-bond donors (Lipinski definition) is 0. The predicted molar refractivity (Wildman–Crippen MR) is 75.1 cm³/mol. The van der Waals surface area contributed by atoms with Gasteiger partial charge in [-0.15, -0.1) is 0 Å². The zero-order chi connectivity index (χ0) is 15.8. The Hall–Kier alpha value is -2.12. The number of aromatic nitrogens is 2. The van der Waals surface area contributed by atoms with Crippen LogP contribution in [0.4, 0.5) is 10.5 Å². The zero-order valence-electron chi connectivity index (χ0n) is 12.7. The number of rotatable bonds is 2. The SMILES string of the molecule is Cc1nn(C2CCN(C(=O)OC(C)(C)C)C2)cc1[N+](=O)[O-]. The van der Waals surface area contributed by atoms with Crippen LogP contribution in [-0.2, 0) is 4.74 Å². The molecule has 116 valence electrons. The molecular weight excluding hydrogens is 276 g/mol. The fourth-order valence-electron chi connectivity index (χ4n) is 2.29. The number of carbonyl (C=O) groups excluding carboxylic acids is 1. The first-order valence-electron chi connectivity index (χ1n) is 6.85. The van der Waals surface area contributed by atoms with Crippen LogP contribution in [-0.4, -0.2) is 44.4 Å². The molecular formula is C13H20N4O4. The van der Waals surface area contributed by atoms with Crippen LogP contribution in [0.2, 0.25) is 0 Å². The fourth-order valence-corrected chi connectivity index (χ4v) is 2.29. The topological polar surface area (TPSA) is 90.5 Å². The molecule has 2 rings (SSSR count). The van der Waals surface area contributed by atoms with E-state index >= 15 is 0 Å². The largest absolute Gasteiger partial charge is 0.444 e. The summed E-state index contributed by atoms with van der Waals surface area (Å²) in [6.07, 6.45) is 1.78. The van der Waals surface area contributed by atoms with Crippen LogP contribution in [0.5, 0.6) is 0 Å². The van der Waals surface area contributed by atoms with E-state index in [1.807, 2.05) is 20.8 Å². The maximum absolute atomic E-state index is 12.0. The Kier molecular flexibility index (Phi) is 3.89. The third-order valence-electron chi connectivity index (χ3n) is 3.28. The van der Waals surface area contributed by atoms with Gasteiger partial charge in [-0.25, -0.2) is 4.79 Å². The maximum atomic E-state index is 12.0. The summed E-state index contributed by atoms with van der Waals surface area (Å²) in [5.74, 6) is 0. The smallest absolute Gasteiger partial charge is 0.410 e. The normalized spacial score (nSPS) is 18.9. The number of amides is 1. The molecule has 1 unspecified atom stereocenters. The predicted octanol–water partition coefficient (Wildman–Crippen LogP) is 2.28. The van der Waals surface area contributed by atoms with Crippen molar-refractivity contribution in [1.82, 2.24) is 14.7 Å². The molecule has 1 amide bonds. The van der Waals surface area contributed by atoms with Gasteiger partial charge in [0.25, 0.3) is 0 Å². The zero-order valence-corrected chi connectivity index (χ0v) is 12.7. The summed E-state index contributed by atoms with van der Waals surface area (Å²) in [7, 11) is 0. The first kappa shape index (κ1) is 15.3. The van der Waals surface area contributed by atoms with Crippen LogP contribution in [0.25, 0.3) is 0 Å². The van der Waals surface area contributed by atoms with Crippen LogP contribution >= 0.6 is 0 Å². The van der Waals surface area contributed by atoms with E-state index in [1.54, 1.807) is 16.5 Å². The second-order valence-corrected chi connectivity index (χ2v) is 6.21. The first-order chi connectivity index (χ1) is 9.67. The molecule has 21 heavy (non-hydrogen) atoms. The van der Waals surface area contributed by atoms with Crippen molar-refractivity contribution >= 4 is 11.8 Å². The van der Waals surface area contributed by atoms with Crippen LogP contribution in [0.3, 0.4) is 0 Å². The average molecular weight is 296 g/mol. The lowest BCUT2D eigenvalue weighted by molar-refractivity contribution is -0.385. The summed E-state index contributed by atoms with van der Waals surface area (Å²) in [6.45, 7) is 8.07. The van der Waals surface area contributed by atoms with Crippen LogP contribution in [0.1, 0.15) is 38.9 Å². The lowest BCUT2D eigenvalue weighted by Crippen LogP contribution is -2.35. The van der Waals surface area contributed by atoms with Crippen molar-refractivity contribution in [1.29, 1.82) is 0 Å². The third kappa shape index (κ3) is 3.50. The van der Waals surface area contributed by atoms with Gasteiger partial charge in [-0.05, 0) is 34.1 Å². The minimum absolute atomic E-state index is 0.00529. The number of aryl methyl sites for hydroxylation is 1. The molecule has 8 nitrogen and oxygen atoms in total. The lowest BCUT2D eigenvalue weighted by atomic mass is 10.2. The summed E-state index contributed by atoms with van der Waals surface area (Å²) < 4.78 is 6.90. The maximum Gasteiger partial charge on any atom is 0.410 e. The molecule has 0 spiro atoms. The molecule has 1 aromatic heterocycles. The molecule has 1 fully saturated rings. The summed E-state index contributed by atoms with van der Waals surface area (Å²) in [4.78, 5) is 24.0. The minimum Gasteiger partial charge on any atom is -0.444 e. The third-order valence-corrected chi connectivity index (χ3v) is 3.28. The molecule has 1 aliphatic rings. The molecule has 0 aromatic carbocycles. The monoisotopic (exact) mass is 296 g/mol. The van der Waals surface area contributed by atoms with Crippen molar-refractivity contribution in [3.05, 3.63) is 22.0 Å². The van der Waals surface area contributed by atoms with E-state index in [0.717, 1.165) is 0 Å². The summed E-state index contributed by atoms with van der Waals surface area (Å²) in [5.41, 5.74) is -0.141. The number of ether oxygens (including phenoxy) is 1. The van der Waals surface area contributed by atoms with Gasteiger partial charge in [-0.1, -0.05) is 0 Å². The van der Waals surface area contributed by atoms with Crippen molar-refractivity contribution in [2.24, 2.45) is 0 Å². The number of nitrogens with zero attached hydrogens (tertiary/aromatic N) is 4. The minimum atomic E-state index is -0.532. The Bertz CT molecular complexity index is 561. The number of nitro groups is 1. The van der Waals surface area contributed by atoms with Crippen molar-refractivity contribution in [3.63, 3.8) is 0 Å². The molecule has 2 heterocycles. The van der Waals surface area contributed by atoms with Crippen LogP contribution in [0, 0.1) is 17.0 Å². The number of likely N-dealkylation sites (tertiary alicyclic amines) is 1. The highest BCUT2D eigenvalue weighted by Crippen LogP contribution is 2.26. The first-order valence-corrected chi connectivity index (χ1v) is 6.85. The Morgan fingerprint density at radius 3 is 2.71 bits per heavy atom. The van der Waals surface area contributed by atoms with Gasteiger partial charge in [0.1, 0.15) is 17.5 Å². The molecule has 0 bridgehead atoms. The second-order valence-electron chi connectivity index (χ2n) is 6.21. The highest BCUT2D eigenvalue weighted by molar-refractivity contribution is 5.68. The van der Waals surface area contributed by atoms with E-state index in [0.29, 0.717) is 25.2 Å². The van der Waals surface area contributed by atoms with Gasteiger partial charge >= 0.3 is 11.8 Å². The van der Waals surface area contributed by atoms with Gasteiger partial charge in [-0.2, -0.15) is 5.10 Å². The Labute approximate surface area is 122 Å². The van der Waals surface area contributed by atoms with Gasteiger partial charge in [0.2, 0.25) is 0 Å². The standard InChI is InChI=1S/C13H20N4O4/c1-9-11(17(19)20)8-16(14-9)10-5-6-15(7-10)12(18)21-13(2,3)4/h8,10H,5-7H2,1-4H3. The van der Waals surface area contributed by atoms with Gasteiger partial charge < -0.3 is 9.64 Å². The molecule has 1 atom stereocenters. The fraction of sp³-hybridized carbons (Fsp3) is 0.692. The van der Waals surface area contributed by atoms with Gasteiger partial charge in [0.15, 0.2) is 0 Å². The second kappa shape index (κ2) is 5.34. The molecule has 1 aliphatic heterocycles. The van der Waals surface area contributed by atoms with E-state index in [-0.39, 0.29) is 17.8 Å². The van der Waals surface area contributed by atoms with Gasteiger partial charge in [0, 0.05) is 13.1 Å². The van der Waals surface area contributed by atoms with E-state index in [4.69, 9.17) is 4.74 Å². The van der Waals surface area contributed by atoms with E-state index < -0.39 is 10.5 Å². The Morgan fingerprint density at radius 2 is 2.19 bits per heavy atom. The van der Waals surface area contributed by atoms with E-state index in [1.165, 1.54) is 6.20 Å². The quantitative estimate of drug-likeness (QED) is 0.617. The summed E-state index contributed by atoms with van der Waals surface area (Å²) in [6, 6.07) is -0.0510. The summed E-state index contributed by atoms with van der Waals surface area (Å²) >= 11 is 0. The summed E-state index contributed by atoms with van der Waals surface area (Å²) in [5, 5.41) is 15.0.